The minimum atomic E-state index is -0.437. The fourth-order valence-electron chi connectivity index (χ4n) is 11.0. The van der Waals surface area contributed by atoms with Gasteiger partial charge in [-0.15, -0.1) is 0 Å². The van der Waals surface area contributed by atoms with Gasteiger partial charge in [0.2, 0.25) is 0 Å². The maximum Gasteiger partial charge on any atom is 0.0726 e. The van der Waals surface area contributed by atoms with Crippen molar-refractivity contribution in [3.05, 3.63) is 265 Å². The smallest absolute Gasteiger partial charge is 0.0726 e. The predicted octanol–water partition coefficient (Wildman–Crippen LogP) is 15.9. The summed E-state index contributed by atoms with van der Waals surface area (Å²) in [5, 5.41) is 2.52. The number of benzene rings is 10. The third-order valence-corrected chi connectivity index (χ3v) is 13.6. The Hall–Kier alpha value is -8.20. The summed E-state index contributed by atoms with van der Waals surface area (Å²) in [6.07, 6.45) is 0. The van der Waals surface area contributed by atoms with Crippen molar-refractivity contribution in [3.8, 4) is 50.2 Å². The Morgan fingerprint density at radius 1 is 0.317 bits per heavy atom. The Bertz CT molecular complexity index is 3480. The first kappa shape index (κ1) is 35.5. The molecule has 63 heavy (non-hydrogen) atoms. The summed E-state index contributed by atoms with van der Waals surface area (Å²) in [4.78, 5) is 2.48. The van der Waals surface area contributed by atoms with Crippen molar-refractivity contribution in [2.45, 2.75) is 5.41 Å². The molecule has 0 atom stereocenters. The van der Waals surface area contributed by atoms with Crippen molar-refractivity contribution in [2.75, 3.05) is 4.90 Å². The summed E-state index contributed by atoms with van der Waals surface area (Å²) in [5.74, 6) is 0. The standard InChI is InChI=1S/C61H40N2/c1-2-17-41(18-3-1)42-35-37-45(38-36-42)62(46-21-14-19-43(39-46)44-20-15-22-47(40-44)63-57-32-12-7-25-50(57)51-26-8-13-33-58(51)63)59-34-16-31-56-60(59)52-27-6-11-30-55(52)61(56)53-28-9-4-23-48(53)49-24-5-10-29-54(49)61/h1-40H. The molecule has 0 radical (unpaired) electrons. The van der Waals surface area contributed by atoms with Crippen LogP contribution in [-0.4, -0.2) is 4.57 Å². The molecular weight excluding hydrogens is 761 g/mol. The molecule has 13 rings (SSSR count). The molecule has 0 aliphatic heterocycles. The number of hydrogen-bond donors (Lipinski definition) is 0. The summed E-state index contributed by atoms with van der Waals surface area (Å²) < 4.78 is 2.40. The first-order valence-corrected chi connectivity index (χ1v) is 21.8. The summed E-state index contributed by atoms with van der Waals surface area (Å²) in [6.45, 7) is 0. The minimum Gasteiger partial charge on any atom is -0.310 e. The maximum absolute atomic E-state index is 2.48. The van der Waals surface area contributed by atoms with E-state index in [0.717, 1.165) is 33.9 Å². The fraction of sp³-hybridized carbons (Fsp3) is 0.0164. The van der Waals surface area contributed by atoms with Crippen LogP contribution in [0, 0.1) is 0 Å². The Kier molecular flexibility index (Phi) is 7.85. The van der Waals surface area contributed by atoms with E-state index in [1.807, 2.05) is 0 Å². The Balaban J connectivity index is 1.02. The lowest BCUT2D eigenvalue weighted by molar-refractivity contribution is 0.794. The third kappa shape index (κ3) is 5.19. The zero-order valence-electron chi connectivity index (χ0n) is 34.5. The molecule has 10 aromatic carbocycles. The molecule has 0 bridgehead atoms. The Morgan fingerprint density at radius 2 is 0.810 bits per heavy atom. The van der Waals surface area contributed by atoms with Gasteiger partial charge in [-0.3, -0.25) is 0 Å². The molecule has 2 heteroatoms. The second kappa shape index (κ2) is 13.9. The van der Waals surface area contributed by atoms with Crippen LogP contribution in [-0.2, 0) is 5.41 Å². The van der Waals surface area contributed by atoms with E-state index in [-0.39, 0.29) is 0 Å². The number of fused-ring (bicyclic) bond motifs is 13. The highest BCUT2D eigenvalue weighted by Gasteiger charge is 2.52. The van der Waals surface area contributed by atoms with E-state index >= 15 is 0 Å². The lowest BCUT2D eigenvalue weighted by atomic mass is 9.70. The van der Waals surface area contributed by atoms with Crippen LogP contribution in [0.4, 0.5) is 17.1 Å². The largest absolute Gasteiger partial charge is 0.310 e. The van der Waals surface area contributed by atoms with Gasteiger partial charge >= 0.3 is 0 Å². The fourth-order valence-corrected chi connectivity index (χ4v) is 11.0. The molecule has 0 saturated carbocycles. The van der Waals surface area contributed by atoms with Crippen LogP contribution in [0.3, 0.4) is 0 Å². The van der Waals surface area contributed by atoms with Crippen LogP contribution >= 0.6 is 0 Å². The van der Waals surface area contributed by atoms with Crippen molar-refractivity contribution in [2.24, 2.45) is 0 Å². The van der Waals surface area contributed by atoms with Crippen molar-refractivity contribution >= 4 is 38.9 Å². The highest BCUT2D eigenvalue weighted by molar-refractivity contribution is 6.09. The van der Waals surface area contributed by atoms with E-state index in [9.17, 15) is 0 Å². The van der Waals surface area contributed by atoms with Crippen LogP contribution in [0.5, 0.6) is 0 Å². The van der Waals surface area contributed by atoms with Gasteiger partial charge in [-0.25, -0.2) is 0 Å². The molecule has 0 amide bonds. The summed E-state index contributed by atoms with van der Waals surface area (Å²) in [7, 11) is 0. The van der Waals surface area contributed by atoms with Gasteiger partial charge in [0.15, 0.2) is 0 Å². The van der Waals surface area contributed by atoms with Gasteiger partial charge in [-0.2, -0.15) is 0 Å². The molecule has 0 fully saturated rings. The van der Waals surface area contributed by atoms with Crippen LogP contribution in [0.15, 0.2) is 243 Å². The first-order chi connectivity index (χ1) is 31.3. The summed E-state index contributed by atoms with van der Waals surface area (Å²) >= 11 is 0. The summed E-state index contributed by atoms with van der Waals surface area (Å²) in [6, 6.07) is 89.5. The number of anilines is 3. The van der Waals surface area contributed by atoms with Crippen LogP contribution in [0.2, 0.25) is 0 Å². The van der Waals surface area contributed by atoms with Gasteiger partial charge < -0.3 is 9.47 Å². The van der Waals surface area contributed by atoms with Crippen molar-refractivity contribution in [1.82, 2.24) is 4.57 Å². The maximum atomic E-state index is 2.48. The van der Waals surface area contributed by atoms with E-state index in [1.54, 1.807) is 0 Å². The Morgan fingerprint density at radius 3 is 1.49 bits per heavy atom. The molecule has 1 aromatic heterocycles. The van der Waals surface area contributed by atoms with Gasteiger partial charge in [0.1, 0.15) is 0 Å². The molecule has 1 heterocycles. The van der Waals surface area contributed by atoms with Gasteiger partial charge in [0.05, 0.1) is 22.1 Å². The quantitative estimate of drug-likeness (QED) is 0.163. The number of hydrogen-bond acceptors (Lipinski definition) is 1. The van der Waals surface area contributed by atoms with Gasteiger partial charge in [-0.05, 0) is 116 Å². The average molecular weight is 801 g/mol. The van der Waals surface area contributed by atoms with Gasteiger partial charge in [-0.1, -0.05) is 188 Å². The SMILES string of the molecule is c1ccc(-c2ccc(N(c3cccc(-c4cccc(-n5c6ccccc6c6ccccc65)c4)c3)c3cccc4c3-c3ccccc3C43c4ccccc4-c4ccccc43)cc2)cc1. The van der Waals surface area contributed by atoms with E-state index < -0.39 is 5.41 Å². The lowest BCUT2D eigenvalue weighted by Gasteiger charge is -2.32. The molecule has 294 valence electrons. The van der Waals surface area contributed by atoms with Crippen molar-refractivity contribution < 1.29 is 0 Å². The van der Waals surface area contributed by atoms with E-state index in [2.05, 4.69) is 252 Å². The molecule has 2 nitrogen and oxygen atoms in total. The molecule has 0 N–H and O–H groups in total. The monoisotopic (exact) mass is 800 g/mol. The van der Waals surface area contributed by atoms with Gasteiger partial charge in [0.25, 0.3) is 0 Å². The average Bonchev–Trinajstić information content (AvgIpc) is 3.97. The van der Waals surface area contributed by atoms with Crippen molar-refractivity contribution in [3.63, 3.8) is 0 Å². The number of rotatable bonds is 6. The Labute approximate surface area is 367 Å². The highest BCUT2D eigenvalue weighted by atomic mass is 15.1. The zero-order valence-corrected chi connectivity index (χ0v) is 34.5. The van der Waals surface area contributed by atoms with Crippen LogP contribution < -0.4 is 4.90 Å². The van der Waals surface area contributed by atoms with E-state index in [4.69, 9.17) is 0 Å². The second-order valence-electron chi connectivity index (χ2n) is 16.8. The van der Waals surface area contributed by atoms with Crippen molar-refractivity contribution in [1.29, 1.82) is 0 Å². The molecule has 0 saturated heterocycles. The molecule has 11 aromatic rings. The highest BCUT2D eigenvalue weighted by Crippen LogP contribution is 2.64. The molecule has 1 spiro atoms. The molecular formula is C61H40N2. The molecule has 2 aliphatic rings. The number of para-hydroxylation sites is 2. The first-order valence-electron chi connectivity index (χ1n) is 21.8. The van der Waals surface area contributed by atoms with E-state index in [0.29, 0.717) is 0 Å². The van der Waals surface area contributed by atoms with Gasteiger partial charge in [0, 0.05) is 33.4 Å². The second-order valence-corrected chi connectivity index (χ2v) is 16.8. The zero-order chi connectivity index (χ0) is 41.5. The van der Waals surface area contributed by atoms with Crippen LogP contribution in [0.25, 0.3) is 72.0 Å². The summed E-state index contributed by atoms with van der Waals surface area (Å²) in [5.41, 5.74) is 21.7. The number of aromatic nitrogens is 1. The number of nitrogens with zero attached hydrogens (tertiary/aromatic N) is 2. The van der Waals surface area contributed by atoms with Crippen LogP contribution in [0.1, 0.15) is 22.3 Å². The molecule has 0 unspecified atom stereocenters. The third-order valence-electron chi connectivity index (χ3n) is 13.6. The normalized spacial score (nSPS) is 12.9. The van der Waals surface area contributed by atoms with E-state index in [1.165, 1.54) is 77.4 Å². The molecule has 2 aliphatic carbocycles. The minimum absolute atomic E-state index is 0.437. The topological polar surface area (TPSA) is 8.17 Å². The lowest BCUT2D eigenvalue weighted by Crippen LogP contribution is -2.26. The predicted molar refractivity (Wildman–Crippen MR) is 263 cm³/mol.